The van der Waals surface area contributed by atoms with Crippen molar-refractivity contribution in [2.45, 2.75) is 43.8 Å². The summed E-state index contributed by atoms with van der Waals surface area (Å²) in [5.41, 5.74) is 10.4. The highest BCUT2D eigenvalue weighted by Crippen LogP contribution is 2.00. The van der Waals surface area contributed by atoms with Gasteiger partial charge in [-0.3, -0.25) is 19.2 Å². The maximum atomic E-state index is 11.9. The molecule has 9 N–H and O–H groups in total. The quantitative estimate of drug-likeness (QED) is 0.182. The first-order valence-corrected chi connectivity index (χ1v) is 7.28. The fourth-order valence-corrected chi connectivity index (χ4v) is 1.70. The Morgan fingerprint density at radius 1 is 0.880 bits per heavy atom. The minimum absolute atomic E-state index is 0.0721. The number of nitrogens with one attached hydrogen (secondary N) is 2. The van der Waals surface area contributed by atoms with Gasteiger partial charge in [-0.1, -0.05) is 0 Å². The fraction of sp³-hybridized carbons (Fsp3) is 0.615. The Hall–Kier alpha value is -2.73. The Balaban J connectivity index is 4.71. The van der Waals surface area contributed by atoms with Crippen LogP contribution in [-0.4, -0.2) is 69.7 Å². The van der Waals surface area contributed by atoms with Gasteiger partial charge in [0.25, 0.3) is 0 Å². The lowest BCUT2D eigenvalue weighted by atomic mass is 10.1. The van der Waals surface area contributed by atoms with Crippen LogP contribution in [-0.2, 0) is 24.0 Å². The predicted octanol–water partition coefficient (Wildman–Crippen LogP) is -3.51. The molecule has 3 atom stereocenters. The van der Waals surface area contributed by atoms with Crippen LogP contribution >= 0.6 is 0 Å². The molecule has 0 radical (unpaired) electrons. The summed E-state index contributed by atoms with van der Waals surface area (Å²) in [7, 11) is 0. The lowest BCUT2D eigenvalue weighted by molar-refractivity contribution is -0.143. The minimum atomic E-state index is -1.50. The summed E-state index contributed by atoms with van der Waals surface area (Å²) in [6, 6.07) is -4.14. The van der Waals surface area contributed by atoms with Gasteiger partial charge in [0.05, 0.1) is 12.6 Å². The van der Waals surface area contributed by atoms with Gasteiger partial charge in [-0.25, -0.2) is 4.79 Å². The summed E-state index contributed by atoms with van der Waals surface area (Å²) >= 11 is 0. The fourth-order valence-electron chi connectivity index (χ4n) is 1.70. The van der Waals surface area contributed by atoms with Gasteiger partial charge in [0.1, 0.15) is 12.1 Å². The molecule has 0 aliphatic heterocycles. The Labute approximate surface area is 142 Å². The van der Waals surface area contributed by atoms with E-state index >= 15 is 0 Å². The number of carbonyl (C=O) groups is 5. The first kappa shape index (κ1) is 22.3. The molecule has 0 fully saturated rings. The van der Waals surface area contributed by atoms with E-state index in [1.54, 1.807) is 0 Å². The molecule has 0 aliphatic carbocycles. The standard InChI is InChI=1S/C13H22N4O8/c14-6(1-3-9(15)19)11(22)17-8(5-18)12(23)16-7(13(24)25)2-4-10(20)21/h6-8,18H,1-5,14H2,(H2,15,19)(H,16,23)(H,17,22)(H,20,21)(H,24,25). The second-order valence-electron chi connectivity index (χ2n) is 5.19. The average Bonchev–Trinajstić information content (AvgIpc) is 2.52. The maximum absolute atomic E-state index is 11.9. The van der Waals surface area contributed by atoms with Crippen molar-refractivity contribution in [2.75, 3.05) is 6.61 Å². The molecule has 0 bridgehead atoms. The van der Waals surface area contributed by atoms with Crippen LogP contribution in [0.1, 0.15) is 25.7 Å². The van der Waals surface area contributed by atoms with Crippen LogP contribution in [0.4, 0.5) is 0 Å². The number of aliphatic carboxylic acids is 2. The van der Waals surface area contributed by atoms with E-state index in [9.17, 15) is 29.1 Å². The molecule has 3 unspecified atom stereocenters. The summed E-state index contributed by atoms with van der Waals surface area (Å²) in [5, 5.41) is 30.8. The number of carbonyl (C=O) groups excluding carboxylic acids is 3. The highest BCUT2D eigenvalue weighted by Gasteiger charge is 2.27. The van der Waals surface area contributed by atoms with E-state index in [0.29, 0.717) is 0 Å². The lowest BCUT2D eigenvalue weighted by Gasteiger charge is -2.21. The van der Waals surface area contributed by atoms with E-state index in [0.717, 1.165) is 0 Å². The monoisotopic (exact) mass is 362 g/mol. The number of nitrogens with two attached hydrogens (primary N) is 2. The zero-order chi connectivity index (χ0) is 19.6. The smallest absolute Gasteiger partial charge is 0.326 e. The van der Waals surface area contributed by atoms with E-state index in [-0.39, 0.29) is 19.3 Å². The molecule has 12 heteroatoms. The van der Waals surface area contributed by atoms with Crippen LogP contribution in [0.25, 0.3) is 0 Å². The number of amides is 3. The minimum Gasteiger partial charge on any atom is -0.481 e. The lowest BCUT2D eigenvalue weighted by Crippen LogP contribution is -2.55. The van der Waals surface area contributed by atoms with Gasteiger partial charge in [0.15, 0.2) is 0 Å². The van der Waals surface area contributed by atoms with E-state index in [2.05, 4.69) is 5.32 Å². The van der Waals surface area contributed by atoms with Gasteiger partial charge in [-0.2, -0.15) is 0 Å². The molecule has 12 nitrogen and oxygen atoms in total. The Morgan fingerprint density at radius 3 is 1.88 bits per heavy atom. The third-order valence-corrected chi connectivity index (χ3v) is 3.12. The number of primary amides is 1. The van der Waals surface area contributed by atoms with Crippen LogP contribution in [0.15, 0.2) is 0 Å². The number of carboxylic acid groups (broad SMARTS) is 2. The summed E-state index contributed by atoms with van der Waals surface area (Å²) in [6.45, 7) is -0.842. The third-order valence-electron chi connectivity index (χ3n) is 3.12. The molecule has 0 aliphatic rings. The molecule has 0 rings (SSSR count). The number of aliphatic hydroxyl groups excluding tert-OH is 1. The topological polar surface area (TPSA) is 222 Å². The van der Waals surface area contributed by atoms with Crippen molar-refractivity contribution >= 4 is 29.7 Å². The van der Waals surface area contributed by atoms with Gasteiger partial charge in [-0.15, -0.1) is 0 Å². The summed E-state index contributed by atoms with van der Waals surface area (Å²) in [4.78, 5) is 55.9. The van der Waals surface area contributed by atoms with Crippen molar-refractivity contribution in [1.29, 1.82) is 0 Å². The molecule has 0 saturated carbocycles. The third kappa shape index (κ3) is 9.22. The van der Waals surface area contributed by atoms with Crippen molar-refractivity contribution in [1.82, 2.24) is 10.6 Å². The zero-order valence-corrected chi connectivity index (χ0v) is 13.3. The number of carboxylic acids is 2. The molecule has 3 amide bonds. The van der Waals surface area contributed by atoms with Gasteiger partial charge in [-0.05, 0) is 12.8 Å². The number of aliphatic hydroxyl groups is 1. The molecule has 0 spiro atoms. The van der Waals surface area contributed by atoms with Crippen LogP contribution in [0.2, 0.25) is 0 Å². The molecule has 25 heavy (non-hydrogen) atoms. The van der Waals surface area contributed by atoms with Crippen molar-refractivity contribution in [2.24, 2.45) is 11.5 Å². The number of rotatable bonds is 12. The van der Waals surface area contributed by atoms with E-state index in [4.69, 9.17) is 21.7 Å². The van der Waals surface area contributed by atoms with Gasteiger partial charge in [0.2, 0.25) is 17.7 Å². The van der Waals surface area contributed by atoms with Crippen LogP contribution in [0.3, 0.4) is 0 Å². The van der Waals surface area contributed by atoms with Crippen LogP contribution < -0.4 is 22.1 Å². The zero-order valence-electron chi connectivity index (χ0n) is 13.3. The average molecular weight is 362 g/mol. The second kappa shape index (κ2) is 10.9. The van der Waals surface area contributed by atoms with Gasteiger partial charge < -0.3 is 37.4 Å². The Morgan fingerprint density at radius 2 is 1.44 bits per heavy atom. The maximum Gasteiger partial charge on any atom is 0.326 e. The van der Waals surface area contributed by atoms with E-state index in [1.165, 1.54) is 0 Å². The van der Waals surface area contributed by atoms with E-state index in [1.807, 2.05) is 5.32 Å². The largest absolute Gasteiger partial charge is 0.481 e. The highest BCUT2D eigenvalue weighted by atomic mass is 16.4. The van der Waals surface area contributed by atoms with Crippen molar-refractivity contribution in [3.8, 4) is 0 Å². The van der Waals surface area contributed by atoms with Crippen molar-refractivity contribution < 1.29 is 39.3 Å². The summed E-state index contributed by atoms with van der Waals surface area (Å²) in [5.74, 6) is -5.23. The number of hydrogen-bond donors (Lipinski definition) is 7. The molecule has 0 aromatic carbocycles. The molecule has 0 heterocycles. The van der Waals surface area contributed by atoms with E-state index < -0.39 is 60.8 Å². The molecule has 0 saturated heterocycles. The van der Waals surface area contributed by atoms with Crippen LogP contribution in [0.5, 0.6) is 0 Å². The first-order chi connectivity index (χ1) is 11.6. The second-order valence-corrected chi connectivity index (χ2v) is 5.19. The van der Waals surface area contributed by atoms with Gasteiger partial charge in [0, 0.05) is 12.8 Å². The number of hydrogen-bond acceptors (Lipinski definition) is 7. The molecule has 142 valence electrons. The molecular weight excluding hydrogens is 340 g/mol. The van der Waals surface area contributed by atoms with Crippen molar-refractivity contribution in [3.05, 3.63) is 0 Å². The normalized spacial score (nSPS) is 14.0. The van der Waals surface area contributed by atoms with Crippen LogP contribution in [0, 0.1) is 0 Å². The summed E-state index contributed by atoms with van der Waals surface area (Å²) in [6.07, 6.45) is -1.09. The van der Waals surface area contributed by atoms with Gasteiger partial charge >= 0.3 is 11.9 Å². The SMILES string of the molecule is NC(=O)CCC(N)C(=O)NC(CO)C(=O)NC(CCC(=O)O)C(=O)O. The molecule has 0 aromatic heterocycles. The predicted molar refractivity (Wildman–Crippen MR) is 81.9 cm³/mol. The molecule has 0 aromatic rings. The first-order valence-electron chi connectivity index (χ1n) is 7.28. The Kier molecular flexibility index (Phi) is 9.74. The molecular formula is C13H22N4O8. The van der Waals surface area contributed by atoms with Crippen molar-refractivity contribution in [3.63, 3.8) is 0 Å². The Bertz CT molecular complexity index is 524. The summed E-state index contributed by atoms with van der Waals surface area (Å²) < 4.78 is 0. The highest BCUT2D eigenvalue weighted by molar-refractivity contribution is 5.92.